The Bertz CT molecular complexity index is 754. The standard InChI is InChI=1S/C17H17F2N3O2S/c1-2-11-7-9-12(10-8-11)22(17(20)25)21-15(23)13-5-3-4-6-14(13)24-16(18)19/h3-10,16H,2H2,1H3,(H2,20,25)(H,21,23). The van der Waals surface area contributed by atoms with Gasteiger partial charge in [0.25, 0.3) is 5.91 Å². The molecule has 132 valence electrons. The fraction of sp³-hybridized carbons (Fsp3) is 0.176. The minimum absolute atomic E-state index is 0.0609. The van der Waals surface area contributed by atoms with Crippen LogP contribution in [0.4, 0.5) is 14.5 Å². The van der Waals surface area contributed by atoms with Gasteiger partial charge < -0.3 is 10.5 Å². The molecule has 0 saturated carbocycles. The Morgan fingerprint density at radius 1 is 1.24 bits per heavy atom. The van der Waals surface area contributed by atoms with Crippen molar-refractivity contribution in [3.05, 3.63) is 59.7 Å². The number of carbonyl (C=O) groups excluding carboxylic acids is 1. The van der Waals surface area contributed by atoms with Crippen LogP contribution in [-0.2, 0) is 6.42 Å². The molecule has 0 bridgehead atoms. The monoisotopic (exact) mass is 365 g/mol. The van der Waals surface area contributed by atoms with E-state index in [-0.39, 0.29) is 16.4 Å². The van der Waals surface area contributed by atoms with Crippen LogP contribution in [-0.4, -0.2) is 17.6 Å². The molecule has 0 aliphatic rings. The highest BCUT2D eigenvalue weighted by molar-refractivity contribution is 7.80. The normalized spacial score (nSPS) is 10.4. The molecule has 0 aliphatic heterocycles. The zero-order valence-electron chi connectivity index (χ0n) is 13.4. The molecule has 2 aromatic carbocycles. The summed E-state index contributed by atoms with van der Waals surface area (Å²) in [5, 5.41) is 1.11. The van der Waals surface area contributed by atoms with E-state index in [2.05, 4.69) is 10.2 Å². The Morgan fingerprint density at radius 2 is 1.88 bits per heavy atom. The molecular weight excluding hydrogens is 348 g/mol. The molecule has 0 unspecified atom stereocenters. The fourth-order valence-corrected chi connectivity index (χ4v) is 2.29. The number of aryl methyl sites for hydroxylation is 1. The highest BCUT2D eigenvalue weighted by Crippen LogP contribution is 2.21. The molecule has 0 aromatic heterocycles. The van der Waals surface area contributed by atoms with E-state index in [9.17, 15) is 13.6 Å². The van der Waals surface area contributed by atoms with Crippen molar-refractivity contribution in [2.24, 2.45) is 5.73 Å². The first-order valence-corrected chi connectivity index (χ1v) is 7.86. The largest absolute Gasteiger partial charge is 0.434 e. The Morgan fingerprint density at radius 3 is 2.44 bits per heavy atom. The molecule has 25 heavy (non-hydrogen) atoms. The van der Waals surface area contributed by atoms with Gasteiger partial charge in [0.2, 0.25) is 0 Å². The summed E-state index contributed by atoms with van der Waals surface area (Å²) < 4.78 is 29.3. The lowest BCUT2D eigenvalue weighted by molar-refractivity contribution is -0.0501. The third-order valence-corrected chi connectivity index (χ3v) is 3.57. The number of hydrazine groups is 1. The van der Waals surface area contributed by atoms with Gasteiger partial charge in [-0.3, -0.25) is 10.2 Å². The fourth-order valence-electron chi connectivity index (χ4n) is 2.14. The van der Waals surface area contributed by atoms with Crippen LogP contribution >= 0.6 is 12.2 Å². The van der Waals surface area contributed by atoms with Crippen molar-refractivity contribution in [3.63, 3.8) is 0 Å². The van der Waals surface area contributed by atoms with E-state index in [1.54, 1.807) is 12.1 Å². The highest BCUT2D eigenvalue weighted by Gasteiger charge is 2.19. The van der Waals surface area contributed by atoms with Crippen LogP contribution < -0.4 is 20.9 Å². The number of nitrogens with two attached hydrogens (primary N) is 1. The molecule has 5 nitrogen and oxygen atoms in total. The molecule has 0 saturated heterocycles. The maximum atomic E-state index is 12.5. The summed E-state index contributed by atoms with van der Waals surface area (Å²) in [7, 11) is 0. The molecule has 1 amide bonds. The third kappa shape index (κ3) is 4.87. The van der Waals surface area contributed by atoms with Crippen LogP contribution in [0.2, 0.25) is 0 Å². The predicted octanol–water partition coefficient (Wildman–Crippen LogP) is 3.25. The van der Waals surface area contributed by atoms with Gasteiger partial charge in [0.1, 0.15) is 5.75 Å². The number of hydrogen-bond acceptors (Lipinski definition) is 3. The number of anilines is 1. The number of carbonyl (C=O) groups is 1. The lowest BCUT2D eigenvalue weighted by Gasteiger charge is -2.24. The molecule has 0 aliphatic carbocycles. The van der Waals surface area contributed by atoms with Gasteiger partial charge in [0.15, 0.2) is 5.11 Å². The zero-order chi connectivity index (χ0) is 18.4. The molecule has 0 radical (unpaired) electrons. The number of ether oxygens (including phenoxy) is 1. The van der Waals surface area contributed by atoms with Crippen molar-refractivity contribution in [2.75, 3.05) is 5.01 Å². The SMILES string of the molecule is CCc1ccc(N(NC(=O)c2ccccc2OC(F)F)C(N)=S)cc1. The van der Waals surface area contributed by atoms with E-state index < -0.39 is 12.5 Å². The van der Waals surface area contributed by atoms with Crippen LogP contribution in [0.5, 0.6) is 5.75 Å². The molecule has 2 aromatic rings. The summed E-state index contributed by atoms with van der Waals surface area (Å²) >= 11 is 4.97. The number of benzene rings is 2. The number of rotatable bonds is 5. The van der Waals surface area contributed by atoms with Crippen LogP contribution in [0, 0.1) is 0 Å². The van der Waals surface area contributed by atoms with Crippen LogP contribution in [0.1, 0.15) is 22.8 Å². The van der Waals surface area contributed by atoms with Gasteiger partial charge in [0.05, 0.1) is 11.3 Å². The van der Waals surface area contributed by atoms with Gasteiger partial charge in [-0.1, -0.05) is 31.2 Å². The first kappa shape index (κ1) is 18.6. The first-order chi connectivity index (χ1) is 11.9. The summed E-state index contributed by atoms with van der Waals surface area (Å²) in [5.74, 6) is -0.914. The second-order valence-corrected chi connectivity index (χ2v) is 5.43. The summed E-state index contributed by atoms with van der Waals surface area (Å²) in [6.07, 6.45) is 0.859. The Hall–Kier alpha value is -2.74. The smallest absolute Gasteiger partial charge is 0.387 e. The second-order valence-electron chi connectivity index (χ2n) is 5.01. The van der Waals surface area contributed by atoms with Crippen molar-refractivity contribution < 1.29 is 18.3 Å². The van der Waals surface area contributed by atoms with Crippen LogP contribution in [0.15, 0.2) is 48.5 Å². The number of para-hydroxylation sites is 1. The van der Waals surface area contributed by atoms with E-state index in [4.69, 9.17) is 18.0 Å². The van der Waals surface area contributed by atoms with E-state index in [1.165, 1.54) is 29.3 Å². The van der Waals surface area contributed by atoms with Gasteiger partial charge in [-0.2, -0.15) is 8.78 Å². The van der Waals surface area contributed by atoms with Crippen LogP contribution in [0.3, 0.4) is 0 Å². The van der Waals surface area contributed by atoms with E-state index in [1.807, 2.05) is 19.1 Å². The maximum Gasteiger partial charge on any atom is 0.387 e. The number of alkyl halides is 2. The Balaban J connectivity index is 2.25. The number of halogens is 2. The summed E-state index contributed by atoms with van der Waals surface area (Å²) in [4.78, 5) is 12.5. The Labute approximate surface area is 149 Å². The number of thiocarbonyl (C=S) groups is 1. The number of hydrogen-bond donors (Lipinski definition) is 2. The van der Waals surface area contributed by atoms with Gasteiger partial charge in [-0.05, 0) is 48.5 Å². The Kier molecular flexibility index (Phi) is 6.24. The van der Waals surface area contributed by atoms with Gasteiger partial charge in [-0.15, -0.1) is 0 Å². The molecule has 2 rings (SSSR count). The topological polar surface area (TPSA) is 67.6 Å². The molecule has 8 heteroatoms. The lowest BCUT2D eigenvalue weighted by Crippen LogP contribution is -2.49. The maximum absolute atomic E-state index is 12.5. The molecule has 0 spiro atoms. The van der Waals surface area contributed by atoms with Gasteiger partial charge in [0, 0.05) is 0 Å². The summed E-state index contributed by atoms with van der Waals surface area (Å²) in [6, 6.07) is 12.9. The predicted molar refractivity (Wildman–Crippen MR) is 95.6 cm³/mol. The van der Waals surface area contributed by atoms with E-state index in [0.717, 1.165) is 12.0 Å². The lowest BCUT2D eigenvalue weighted by atomic mass is 10.1. The number of nitrogens with zero attached hydrogens (tertiary/aromatic N) is 1. The van der Waals surface area contributed by atoms with Crippen LogP contribution in [0.25, 0.3) is 0 Å². The van der Waals surface area contributed by atoms with Gasteiger partial charge >= 0.3 is 6.61 Å². The molecular formula is C17H17F2N3O2S. The summed E-state index contributed by atoms with van der Waals surface area (Å²) in [6.45, 7) is -1.02. The third-order valence-electron chi connectivity index (χ3n) is 3.38. The molecule has 3 N–H and O–H groups in total. The van der Waals surface area contributed by atoms with E-state index >= 15 is 0 Å². The molecule has 0 atom stereocenters. The summed E-state index contributed by atoms with van der Waals surface area (Å²) in [5.41, 5.74) is 9.77. The first-order valence-electron chi connectivity index (χ1n) is 7.45. The molecule has 0 heterocycles. The average molecular weight is 365 g/mol. The minimum Gasteiger partial charge on any atom is -0.434 e. The van der Waals surface area contributed by atoms with E-state index in [0.29, 0.717) is 5.69 Å². The number of amides is 1. The van der Waals surface area contributed by atoms with Crippen molar-refractivity contribution in [1.82, 2.24) is 5.43 Å². The van der Waals surface area contributed by atoms with Crippen molar-refractivity contribution in [1.29, 1.82) is 0 Å². The average Bonchev–Trinajstić information content (AvgIpc) is 2.59. The van der Waals surface area contributed by atoms with Gasteiger partial charge in [-0.25, -0.2) is 5.01 Å². The minimum atomic E-state index is -3.04. The number of nitrogens with one attached hydrogen (secondary N) is 1. The second kappa shape index (κ2) is 8.39. The quantitative estimate of drug-likeness (QED) is 0.629. The van der Waals surface area contributed by atoms with Crippen molar-refractivity contribution in [2.45, 2.75) is 20.0 Å². The van der Waals surface area contributed by atoms with Crippen molar-refractivity contribution in [3.8, 4) is 5.75 Å². The van der Waals surface area contributed by atoms with Crippen molar-refractivity contribution >= 4 is 28.9 Å². The molecule has 0 fully saturated rings. The zero-order valence-corrected chi connectivity index (χ0v) is 14.2. The highest BCUT2D eigenvalue weighted by atomic mass is 32.1.